The summed E-state index contributed by atoms with van der Waals surface area (Å²) in [5, 5.41) is 10.3. The van der Waals surface area contributed by atoms with Gasteiger partial charge in [0.1, 0.15) is 0 Å². The van der Waals surface area contributed by atoms with Crippen LogP contribution in [0.25, 0.3) is 70.9 Å². The quantitative estimate of drug-likeness (QED) is 0.149. The second-order valence-electron chi connectivity index (χ2n) is 12.0. The zero-order chi connectivity index (χ0) is 29.0. The fourth-order valence-corrected chi connectivity index (χ4v) is 7.52. The Balaban J connectivity index is 1.32. The number of fused-ring (bicyclic) bond motifs is 6. The van der Waals surface area contributed by atoms with Gasteiger partial charge in [-0.2, -0.15) is 0 Å². The van der Waals surface area contributed by atoms with E-state index in [-0.39, 0.29) is 0 Å². The van der Waals surface area contributed by atoms with Crippen molar-refractivity contribution in [2.75, 3.05) is 0 Å². The maximum Gasteiger partial charge on any atom is 0.00567 e. The van der Waals surface area contributed by atoms with Gasteiger partial charge in [-0.3, -0.25) is 0 Å². The standard InChI is InChI=1S/C44H30/c1-2-13-30-26-32(25-24-29(30)12-1)31-15-11-16-34(27-31)43-38-20-7-9-22-40(38)44(41-23-10-8-21-39(41)43)42-28-33-14-3-4-17-35(33)36-18-5-6-19-37(36)42/h1-30H. The van der Waals surface area contributed by atoms with Crippen LogP contribution in [0.1, 0.15) is 5.56 Å². The highest BCUT2D eigenvalue weighted by Gasteiger charge is 2.21. The largest absolute Gasteiger partial charge is 0.0767 e. The van der Waals surface area contributed by atoms with Gasteiger partial charge in [-0.1, -0.05) is 158 Å². The Morgan fingerprint density at radius 1 is 0.386 bits per heavy atom. The predicted molar refractivity (Wildman–Crippen MR) is 190 cm³/mol. The molecule has 0 heterocycles. The minimum absolute atomic E-state index is 0.418. The maximum absolute atomic E-state index is 2.42. The first kappa shape index (κ1) is 25.1. The molecule has 0 N–H and O–H groups in total. The molecule has 2 unspecified atom stereocenters. The van der Waals surface area contributed by atoms with E-state index >= 15 is 0 Å². The molecule has 9 rings (SSSR count). The van der Waals surface area contributed by atoms with Crippen molar-refractivity contribution in [3.8, 4) is 22.3 Å². The van der Waals surface area contributed by atoms with E-state index in [1.165, 1.54) is 76.5 Å². The summed E-state index contributed by atoms with van der Waals surface area (Å²) in [4.78, 5) is 0. The summed E-state index contributed by atoms with van der Waals surface area (Å²) in [6.07, 6.45) is 16.0. The first-order valence-electron chi connectivity index (χ1n) is 15.5. The van der Waals surface area contributed by atoms with Gasteiger partial charge in [0.05, 0.1) is 0 Å². The van der Waals surface area contributed by atoms with Crippen LogP contribution in [-0.4, -0.2) is 0 Å². The zero-order valence-corrected chi connectivity index (χ0v) is 24.3. The van der Waals surface area contributed by atoms with E-state index < -0.39 is 0 Å². The highest BCUT2D eigenvalue weighted by atomic mass is 14.2. The van der Waals surface area contributed by atoms with Crippen molar-refractivity contribution in [1.82, 2.24) is 0 Å². The zero-order valence-electron chi connectivity index (χ0n) is 24.3. The van der Waals surface area contributed by atoms with Gasteiger partial charge in [0.15, 0.2) is 0 Å². The average Bonchev–Trinajstić information content (AvgIpc) is 3.10. The first-order chi connectivity index (χ1) is 21.8. The van der Waals surface area contributed by atoms with Crippen LogP contribution in [0.5, 0.6) is 0 Å². The van der Waals surface area contributed by atoms with E-state index in [0.717, 1.165) is 0 Å². The number of hydrogen-bond donors (Lipinski definition) is 0. The molecule has 0 spiro atoms. The number of hydrogen-bond acceptors (Lipinski definition) is 0. The molecule has 0 radical (unpaired) electrons. The molecule has 7 aromatic rings. The van der Waals surface area contributed by atoms with Crippen LogP contribution in [-0.2, 0) is 0 Å². The minimum atomic E-state index is 0.418. The fourth-order valence-electron chi connectivity index (χ4n) is 7.52. The Bertz CT molecular complexity index is 2340. The summed E-state index contributed by atoms with van der Waals surface area (Å²) in [7, 11) is 0. The van der Waals surface area contributed by atoms with Crippen LogP contribution in [0.2, 0.25) is 0 Å². The third-order valence-corrected chi connectivity index (χ3v) is 9.55. The monoisotopic (exact) mass is 558 g/mol. The van der Waals surface area contributed by atoms with E-state index in [2.05, 4.69) is 170 Å². The van der Waals surface area contributed by atoms with E-state index in [4.69, 9.17) is 0 Å². The van der Waals surface area contributed by atoms with Crippen LogP contribution in [0.4, 0.5) is 0 Å². The smallest absolute Gasteiger partial charge is 0.00567 e. The van der Waals surface area contributed by atoms with Crippen LogP contribution in [0, 0.1) is 11.8 Å². The summed E-state index contributed by atoms with van der Waals surface area (Å²) in [6.45, 7) is 0. The molecule has 2 aliphatic rings. The van der Waals surface area contributed by atoms with Gasteiger partial charge < -0.3 is 0 Å². The molecule has 0 nitrogen and oxygen atoms in total. The van der Waals surface area contributed by atoms with Gasteiger partial charge in [0, 0.05) is 11.8 Å². The predicted octanol–water partition coefficient (Wildman–Crippen LogP) is 11.9. The van der Waals surface area contributed by atoms with Gasteiger partial charge in [0.2, 0.25) is 0 Å². The molecule has 0 heteroatoms. The Kier molecular flexibility index (Phi) is 5.74. The summed E-state index contributed by atoms with van der Waals surface area (Å²) >= 11 is 0. The van der Waals surface area contributed by atoms with Gasteiger partial charge in [0.25, 0.3) is 0 Å². The Labute approximate surface area is 257 Å². The Morgan fingerprint density at radius 3 is 1.68 bits per heavy atom. The number of rotatable bonds is 3. The molecule has 44 heavy (non-hydrogen) atoms. The lowest BCUT2D eigenvalue weighted by Crippen LogP contribution is -2.11. The third kappa shape index (κ3) is 3.92. The molecule has 2 aliphatic carbocycles. The summed E-state index contributed by atoms with van der Waals surface area (Å²) in [5.41, 5.74) is 7.69. The van der Waals surface area contributed by atoms with Crippen molar-refractivity contribution < 1.29 is 0 Å². The Hall–Kier alpha value is -5.46. The molecular formula is C44H30. The van der Waals surface area contributed by atoms with Gasteiger partial charge in [-0.15, -0.1) is 0 Å². The molecule has 2 atom stereocenters. The molecule has 0 saturated carbocycles. The second kappa shape index (κ2) is 10.1. The molecule has 0 amide bonds. The molecular weight excluding hydrogens is 528 g/mol. The summed E-state index contributed by atoms with van der Waals surface area (Å²) < 4.78 is 0. The molecule has 206 valence electrons. The maximum atomic E-state index is 2.42. The average molecular weight is 559 g/mol. The normalized spacial score (nSPS) is 17.4. The van der Waals surface area contributed by atoms with Crippen LogP contribution < -0.4 is 0 Å². The van der Waals surface area contributed by atoms with Crippen LogP contribution in [0.15, 0.2) is 170 Å². The summed E-state index contributed by atoms with van der Waals surface area (Å²) in [6, 6.07) is 47.1. The van der Waals surface area contributed by atoms with E-state index in [1.54, 1.807) is 0 Å². The highest BCUT2D eigenvalue weighted by Crippen LogP contribution is 2.46. The molecule has 7 aromatic carbocycles. The highest BCUT2D eigenvalue weighted by molar-refractivity contribution is 6.25. The van der Waals surface area contributed by atoms with Gasteiger partial charge in [-0.05, 0) is 88.6 Å². The van der Waals surface area contributed by atoms with Gasteiger partial charge >= 0.3 is 0 Å². The lowest BCUT2D eigenvalue weighted by atomic mass is 9.81. The van der Waals surface area contributed by atoms with Crippen molar-refractivity contribution in [2.45, 2.75) is 0 Å². The van der Waals surface area contributed by atoms with E-state index in [0.29, 0.717) is 11.8 Å². The van der Waals surface area contributed by atoms with E-state index in [9.17, 15) is 0 Å². The molecule has 0 aromatic heterocycles. The summed E-state index contributed by atoms with van der Waals surface area (Å²) in [5.74, 6) is 0.875. The van der Waals surface area contributed by atoms with Crippen molar-refractivity contribution in [1.29, 1.82) is 0 Å². The van der Waals surface area contributed by atoms with Crippen molar-refractivity contribution >= 4 is 48.7 Å². The molecule has 0 aliphatic heterocycles. The lowest BCUT2D eigenvalue weighted by Gasteiger charge is -2.23. The van der Waals surface area contributed by atoms with E-state index in [1.807, 2.05) is 0 Å². The van der Waals surface area contributed by atoms with Crippen LogP contribution in [0.3, 0.4) is 0 Å². The topological polar surface area (TPSA) is 0 Å². The fraction of sp³-hybridized carbons (Fsp3) is 0.0455. The minimum Gasteiger partial charge on any atom is -0.0767 e. The second-order valence-corrected chi connectivity index (χ2v) is 12.0. The van der Waals surface area contributed by atoms with Gasteiger partial charge in [-0.25, -0.2) is 0 Å². The number of benzene rings is 7. The third-order valence-electron chi connectivity index (χ3n) is 9.55. The molecule has 0 saturated heterocycles. The van der Waals surface area contributed by atoms with Crippen molar-refractivity contribution in [2.24, 2.45) is 11.8 Å². The van der Waals surface area contributed by atoms with Crippen molar-refractivity contribution in [3.63, 3.8) is 0 Å². The SMILES string of the molecule is C1=CC2C=CC(c3cccc(-c4c5ccccc5c(-c5cc6ccccc6c6ccccc56)c5ccccc45)c3)=CC2C=C1. The molecule has 0 bridgehead atoms. The lowest BCUT2D eigenvalue weighted by molar-refractivity contribution is 0.663. The Morgan fingerprint density at radius 2 is 0.955 bits per heavy atom. The number of allylic oxidation sites excluding steroid dienone is 8. The first-order valence-corrected chi connectivity index (χ1v) is 15.5. The van der Waals surface area contributed by atoms with Crippen LogP contribution >= 0.6 is 0 Å². The van der Waals surface area contributed by atoms with Crippen molar-refractivity contribution in [3.05, 3.63) is 175 Å². The molecule has 0 fully saturated rings.